The van der Waals surface area contributed by atoms with E-state index in [2.05, 4.69) is 175 Å². The minimum absolute atomic E-state index is 0.472. The second-order valence-corrected chi connectivity index (χ2v) is 14.3. The Balaban J connectivity index is 1.09. The Kier molecular flexibility index (Phi) is 6.53. The standard InChI is InChI=1S/C51H34N2O/c1-3-4-18-40-32(2)48-43(51(40)41-19-10-8-16-37(41)38-17-9-11-20-42(38)51)28-30-47-49(48)39-31-35(27-29-46(39)54-47)33-23-25-34(26-24-33)50-52-44-21-12-13-22-45(44)53(50)36-14-6-5-7-15-36/h3-31H,2H2,1H3/b4-3-,40-18+. The third-order valence-corrected chi connectivity index (χ3v) is 11.5. The molecule has 1 spiro atoms. The van der Waals surface area contributed by atoms with Crippen LogP contribution in [-0.2, 0) is 5.41 Å². The Labute approximate surface area is 313 Å². The molecule has 2 aromatic heterocycles. The van der Waals surface area contributed by atoms with Crippen molar-refractivity contribution < 1.29 is 4.42 Å². The molecule has 0 unspecified atom stereocenters. The van der Waals surface area contributed by atoms with Gasteiger partial charge in [0.15, 0.2) is 0 Å². The lowest BCUT2D eigenvalue weighted by Gasteiger charge is -2.30. The van der Waals surface area contributed by atoms with Gasteiger partial charge < -0.3 is 4.42 Å². The van der Waals surface area contributed by atoms with Crippen molar-refractivity contribution in [3.63, 3.8) is 0 Å². The molecule has 0 bridgehead atoms. The van der Waals surface area contributed by atoms with Crippen LogP contribution in [0.25, 0.3) is 77.9 Å². The molecule has 0 saturated carbocycles. The predicted molar refractivity (Wildman–Crippen MR) is 223 cm³/mol. The van der Waals surface area contributed by atoms with Crippen LogP contribution >= 0.6 is 0 Å². The lowest BCUT2D eigenvalue weighted by atomic mass is 9.70. The van der Waals surface area contributed by atoms with E-state index in [1.165, 1.54) is 39.0 Å². The number of para-hydroxylation sites is 3. The maximum Gasteiger partial charge on any atom is 0.145 e. The van der Waals surface area contributed by atoms with Crippen molar-refractivity contribution in [2.45, 2.75) is 12.3 Å². The van der Waals surface area contributed by atoms with E-state index in [0.717, 1.165) is 66.7 Å². The summed E-state index contributed by atoms with van der Waals surface area (Å²) in [4.78, 5) is 5.09. The minimum atomic E-state index is -0.472. The van der Waals surface area contributed by atoms with Gasteiger partial charge in [-0.25, -0.2) is 4.98 Å². The highest BCUT2D eigenvalue weighted by molar-refractivity contribution is 6.16. The van der Waals surface area contributed by atoms with Crippen LogP contribution in [-0.4, -0.2) is 9.55 Å². The summed E-state index contributed by atoms with van der Waals surface area (Å²) in [5.41, 5.74) is 17.6. The summed E-state index contributed by atoms with van der Waals surface area (Å²) in [5.74, 6) is 0.921. The van der Waals surface area contributed by atoms with Gasteiger partial charge in [0.1, 0.15) is 17.0 Å². The summed E-state index contributed by atoms with van der Waals surface area (Å²) in [6.45, 7) is 6.91. The third-order valence-electron chi connectivity index (χ3n) is 11.5. The Morgan fingerprint density at radius 3 is 2.04 bits per heavy atom. The van der Waals surface area contributed by atoms with Crippen LogP contribution in [0.4, 0.5) is 0 Å². The first-order valence-corrected chi connectivity index (χ1v) is 18.5. The van der Waals surface area contributed by atoms with Gasteiger partial charge >= 0.3 is 0 Å². The van der Waals surface area contributed by atoms with E-state index in [1.807, 2.05) is 12.1 Å². The monoisotopic (exact) mass is 690 g/mol. The van der Waals surface area contributed by atoms with Crippen LogP contribution in [0.5, 0.6) is 0 Å². The summed E-state index contributed by atoms with van der Waals surface area (Å²) in [6, 6.07) is 56.3. The molecule has 2 aliphatic carbocycles. The number of allylic oxidation sites excluding steroid dienone is 5. The van der Waals surface area contributed by atoms with Crippen molar-refractivity contribution in [2.24, 2.45) is 0 Å². The number of rotatable bonds is 4. The summed E-state index contributed by atoms with van der Waals surface area (Å²) in [7, 11) is 0. The number of hydrogen-bond donors (Lipinski definition) is 0. The first-order valence-electron chi connectivity index (χ1n) is 18.5. The number of benzene rings is 7. The molecule has 0 amide bonds. The molecule has 9 aromatic rings. The molecule has 0 aliphatic heterocycles. The molecule has 0 saturated heterocycles. The second kappa shape index (κ2) is 11.5. The van der Waals surface area contributed by atoms with Gasteiger partial charge in [0.2, 0.25) is 0 Å². The van der Waals surface area contributed by atoms with Gasteiger partial charge in [0.05, 0.1) is 16.4 Å². The van der Waals surface area contributed by atoms with Crippen molar-refractivity contribution in [1.82, 2.24) is 9.55 Å². The van der Waals surface area contributed by atoms with E-state index in [9.17, 15) is 0 Å². The molecule has 0 atom stereocenters. The lowest BCUT2D eigenvalue weighted by Crippen LogP contribution is -2.25. The molecule has 11 rings (SSSR count). The van der Waals surface area contributed by atoms with Crippen molar-refractivity contribution in [3.8, 4) is 39.3 Å². The quantitative estimate of drug-likeness (QED) is 0.184. The summed E-state index contributed by atoms with van der Waals surface area (Å²) in [5, 5.41) is 2.21. The highest BCUT2D eigenvalue weighted by Gasteiger charge is 2.53. The van der Waals surface area contributed by atoms with Gasteiger partial charge in [-0.2, -0.15) is 0 Å². The van der Waals surface area contributed by atoms with Crippen LogP contribution in [0.1, 0.15) is 29.2 Å². The number of imidazole rings is 1. The molecule has 254 valence electrons. The number of furan rings is 1. The molecule has 54 heavy (non-hydrogen) atoms. The van der Waals surface area contributed by atoms with Crippen LogP contribution in [0, 0.1) is 0 Å². The fraction of sp³-hybridized carbons (Fsp3) is 0.0392. The molecule has 2 heterocycles. The zero-order valence-electron chi connectivity index (χ0n) is 29.8. The van der Waals surface area contributed by atoms with E-state index >= 15 is 0 Å². The average Bonchev–Trinajstić information content (AvgIpc) is 3.95. The maximum atomic E-state index is 6.60. The predicted octanol–water partition coefficient (Wildman–Crippen LogP) is 13.1. The van der Waals surface area contributed by atoms with E-state index < -0.39 is 5.41 Å². The molecule has 7 aromatic carbocycles. The molecular formula is C51H34N2O. The normalized spacial score (nSPS) is 14.9. The first-order chi connectivity index (χ1) is 26.7. The van der Waals surface area contributed by atoms with Crippen molar-refractivity contribution in [1.29, 1.82) is 0 Å². The van der Waals surface area contributed by atoms with Crippen LogP contribution in [0.3, 0.4) is 0 Å². The largest absolute Gasteiger partial charge is 0.456 e. The lowest BCUT2D eigenvalue weighted by molar-refractivity contribution is 0.668. The van der Waals surface area contributed by atoms with Gasteiger partial charge in [-0.15, -0.1) is 0 Å². The van der Waals surface area contributed by atoms with Crippen LogP contribution < -0.4 is 0 Å². The minimum Gasteiger partial charge on any atom is -0.456 e. The van der Waals surface area contributed by atoms with E-state index in [0.29, 0.717) is 0 Å². The van der Waals surface area contributed by atoms with E-state index in [-0.39, 0.29) is 0 Å². The number of aromatic nitrogens is 2. The van der Waals surface area contributed by atoms with E-state index in [1.54, 1.807) is 0 Å². The number of hydrogen-bond acceptors (Lipinski definition) is 2. The summed E-state index contributed by atoms with van der Waals surface area (Å²) in [6.07, 6.45) is 6.52. The zero-order chi connectivity index (χ0) is 36.0. The molecule has 0 radical (unpaired) electrons. The molecular weight excluding hydrogens is 657 g/mol. The molecule has 0 fully saturated rings. The summed E-state index contributed by atoms with van der Waals surface area (Å²) < 4.78 is 8.84. The Morgan fingerprint density at radius 1 is 0.630 bits per heavy atom. The van der Waals surface area contributed by atoms with Crippen LogP contribution in [0.2, 0.25) is 0 Å². The van der Waals surface area contributed by atoms with Gasteiger partial charge in [-0.1, -0.05) is 140 Å². The van der Waals surface area contributed by atoms with Gasteiger partial charge in [0, 0.05) is 22.0 Å². The van der Waals surface area contributed by atoms with Crippen LogP contribution in [0.15, 0.2) is 193 Å². The molecule has 3 heteroatoms. The highest BCUT2D eigenvalue weighted by Crippen LogP contribution is 2.64. The molecule has 2 aliphatic rings. The van der Waals surface area contributed by atoms with E-state index in [4.69, 9.17) is 16.0 Å². The fourth-order valence-electron chi connectivity index (χ4n) is 9.28. The Hall–Kier alpha value is -6.97. The van der Waals surface area contributed by atoms with Gasteiger partial charge in [-0.05, 0) is 105 Å². The molecule has 0 N–H and O–H groups in total. The van der Waals surface area contributed by atoms with Gasteiger partial charge in [0.25, 0.3) is 0 Å². The van der Waals surface area contributed by atoms with Crippen molar-refractivity contribution in [3.05, 3.63) is 210 Å². The third kappa shape index (κ3) is 4.09. The first kappa shape index (κ1) is 30.6. The second-order valence-electron chi connectivity index (χ2n) is 14.3. The fourth-order valence-corrected chi connectivity index (χ4v) is 9.28. The SMILES string of the molecule is C=C1/C(=C\C=C/C)C2(c3ccccc3-c3ccccc32)c2ccc3oc4ccc(-c5ccc(-c6nc7ccccc7n6-c6ccccc6)cc5)cc4c3c21. The Bertz CT molecular complexity index is 3020. The highest BCUT2D eigenvalue weighted by atomic mass is 16.3. The van der Waals surface area contributed by atoms with Gasteiger partial charge in [-0.3, -0.25) is 4.57 Å². The number of fused-ring (bicyclic) bond motifs is 12. The molecule has 3 nitrogen and oxygen atoms in total. The number of nitrogens with zero attached hydrogens (tertiary/aromatic N) is 2. The Morgan fingerprint density at radius 2 is 1.28 bits per heavy atom. The zero-order valence-corrected chi connectivity index (χ0v) is 29.8. The summed E-state index contributed by atoms with van der Waals surface area (Å²) >= 11 is 0. The average molecular weight is 691 g/mol. The smallest absolute Gasteiger partial charge is 0.145 e. The van der Waals surface area contributed by atoms with Crippen molar-refractivity contribution >= 4 is 38.5 Å². The maximum absolute atomic E-state index is 6.60. The topological polar surface area (TPSA) is 31.0 Å². The van der Waals surface area contributed by atoms with Crippen molar-refractivity contribution in [2.75, 3.05) is 0 Å².